The number of aryl methyl sites for hydroxylation is 3. The number of carboxylic acid groups (broad SMARTS) is 1. The summed E-state index contributed by atoms with van der Waals surface area (Å²) >= 11 is 12.9. The summed E-state index contributed by atoms with van der Waals surface area (Å²) in [7, 11) is 13.5. The topological polar surface area (TPSA) is 338 Å². The van der Waals surface area contributed by atoms with Crippen LogP contribution >= 0.6 is 23.2 Å². The fourth-order valence-corrected chi connectivity index (χ4v) is 11.0. The van der Waals surface area contributed by atoms with E-state index in [1.54, 1.807) is 108 Å². The smallest absolute Gasteiger partial charge is 0.870 e. The number of anilines is 3. The van der Waals surface area contributed by atoms with Crippen molar-refractivity contribution in [2.45, 2.75) is 38.5 Å². The number of carboxylic acids is 1. The van der Waals surface area contributed by atoms with E-state index in [4.69, 9.17) is 59.6 Å². The second-order valence-corrected chi connectivity index (χ2v) is 23.2. The zero-order chi connectivity index (χ0) is 69.4. The minimum atomic E-state index is -1.16. The van der Waals surface area contributed by atoms with Crippen LogP contribution in [0.5, 0.6) is 17.2 Å². The summed E-state index contributed by atoms with van der Waals surface area (Å²) in [6.45, 7) is 1.52. The van der Waals surface area contributed by atoms with Crippen molar-refractivity contribution in [1.29, 1.82) is 0 Å². The van der Waals surface area contributed by atoms with Gasteiger partial charge in [0.05, 0.1) is 73.1 Å². The van der Waals surface area contributed by atoms with Crippen molar-refractivity contribution in [2.75, 3.05) is 111 Å². The number of aromatic nitrogens is 7. The second kappa shape index (κ2) is 35.7. The number of pyridine rings is 3. The SMILES string of the molecule is CN(C)C(=O)C1CCN(c2ncc(Cl)c(Cc3ccc4c(c3)cc(OCC(=O)O)c(=O)n4C)n2)CC1.COC(=O)COc1cc2cc(Cc3nc(N4CCC(C(=O)N(C)C)CC4)ncc3Cl)ccc2n(C)c1=O.COC(=O)COc1cc2cc(N)ccc2n(C)c1=O.[2H]CF.[Na+].[OH-]. The van der Waals surface area contributed by atoms with E-state index in [2.05, 4.69) is 29.2 Å². The molecule has 2 amide bonds. The molecule has 0 bridgehead atoms. The molecule has 0 spiro atoms. The third-order valence-corrected chi connectivity index (χ3v) is 16.3. The molecule has 0 aliphatic carbocycles. The summed E-state index contributed by atoms with van der Waals surface area (Å²) in [6, 6.07) is 21.3. The van der Waals surface area contributed by atoms with E-state index >= 15 is 0 Å². The van der Waals surface area contributed by atoms with Gasteiger partial charge in [0.2, 0.25) is 23.7 Å². The first-order chi connectivity index (χ1) is 45.2. The maximum Gasteiger partial charge on any atom is 1.00 e. The van der Waals surface area contributed by atoms with Crippen LogP contribution in [0.3, 0.4) is 0 Å². The van der Waals surface area contributed by atoms with Crippen LogP contribution in [0.2, 0.25) is 10.0 Å². The molecule has 7 heterocycles. The molecule has 0 atom stereocenters. The molecule has 508 valence electrons. The van der Waals surface area contributed by atoms with Crippen LogP contribution in [0.4, 0.5) is 22.0 Å². The number of hydrogen-bond acceptors (Lipinski definition) is 21. The monoisotopic (exact) mass is 1380 g/mol. The molecule has 31 heteroatoms. The van der Waals surface area contributed by atoms with E-state index in [1.165, 1.54) is 27.9 Å². The van der Waals surface area contributed by atoms with Gasteiger partial charge in [-0.25, -0.2) is 34.3 Å². The van der Waals surface area contributed by atoms with Gasteiger partial charge in [-0.2, -0.15) is 0 Å². The van der Waals surface area contributed by atoms with Gasteiger partial charge in [-0.3, -0.25) is 28.4 Å². The van der Waals surface area contributed by atoms with E-state index in [0.29, 0.717) is 83.6 Å². The molecule has 0 unspecified atom stereocenters. The largest absolute Gasteiger partial charge is 1.00 e. The number of nitrogens with zero attached hydrogens (tertiary/aromatic N) is 11. The predicted molar refractivity (Wildman–Crippen MR) is 356 cm³/mol. The number of halogens is 3. The Balaban J connectivity index is 0.000000267. The number of rotatable bonds is 17. The van der Waals surface area contributed by atoms with Crippen LogP contribution in [0, 0.1) is 11.8 Å². The molecule has 5 aromatic heterocycles. The fourth-order valence-electron chi connectivity index (χ4n) is 10.6. The normalized spacial score (nSPS) is 13.0. The van der Waals surface area contributed by atoms with Crippen LogP contribution in [-0.4, -0.2) is 179 Å². The first-order valence-corrected chi connectivity index (χ1v) is 30.2. The van der Waals surface area contributed by atoms with Gasteiger partial charge in [0, 0.05) is 122 Å². The fraction of sp³-hybridized carbons (Fsp3) is 0.385. The number of hydrogen-bond donors (Lipinski definition) is 2. The van der Waals surface area contributed by atoms with Crippen LogP contribution in [0.25, 0.3) is 32.7 Å². The number of alkyl halides is 1. The maximum absolute atomic E-state index is 12.6. The Kier molecular flexibility index (Phi) is 28.3. The third-order valence-electron chi connectivity index (χ3n) is 15.7. The van der Waals surface area contributed by atoms with Crippen molar-refractivity contribution < 1.29 is 93.6 Å². The third kappa shape index (κ3) is 19.6. The zero-order valence-electron chi connectivity index (χ0n) is 56.0. The number of piperidine rings is 2. The van der Waals surface area contributed by atoms with Crippen molar-refractivity contribution in [3.05, 3.63) is 149 Å². The summed E-state index contributed by atoms with van der Waals surface area (Å²) in [4.78, 5) is 121. The number of methoxy groups -OCH3 is 2. The summed E-state index contributed by atoms with van der Waals surface area (Å²) in [6.07, 6.45) is 7.10. The number of carbonyl (C=O) groups excluding carboxylic acids is 4. The first kappa shape index (κ1) is 76.1. The van der Waals surface area contributed by atoms with Gasteiger partial charge in [0.25, 0.3) is 16.7 Å². The molecule has 2 fully saturated rings. The van der Waals surface area contributed by atoms with Gasteiger partial charge in [-0.05, 0) is 97.5 Å². The molecule has 10 rings (SSSR count). The molecule has 96 heavy (non-hydrogen) atoms. The van der Waals surface area contributed by atoms with Crippen LogP contribution in [0.1, 0.15) is 49.6 Å². The minimum Gasteiger partial charge on any atom is -0.870 e. The summed E-state index contributed by atoms with van der Waals surface area (Å²) in [5, 5.41) is 12.1. The molecular formula is C65H76Cl2FN12NaO15. The molecule has 4 N–H and O–H groups in total. The molecule has 2 aliphatic heterocycles. The quantitative estimate of drug-likeness (QED) is 0.0752. The maximum atomic E-state index is 12.6. The van der Waals surface area contributed by atoms with Gasteiger partial charge in [-0.15, -0.1) is 0 Å². The molecule has 27 nitrogen and oxygen atoms in total. The molecular weight excluding hydrogens is 1300 g/mol. The van der Waals surface area contributed by atoms with Crippen LogP contribution < -0.4 is 76.0 Å². The number of fused-ring (bicyclic) bond motifs is 3. The summed E-state index contributed by atoms with van der Waals surface area (Å²) in [5.74, 6) is -0.627. The van der Waals surface area contributed by atoms with E-state index in [-0.39, 0.29) is 100 Å². The van der Waals surface area contributed by atoms with Gasteiger partial charge in [0.1, 0.15) is 0 Å². The molecule has 8 aromatic rings. The standard InChI is InChI=1S/C26H30ClN5O5.C25H28ClN5O5.C13H14N2O4.CH3F.Na.H2O/c1-30(2)24(34)17-7-9-32(10-8-17)26-28-14-19(27)20(29-26)12-16-5-6-21-18(11-16)13-22(25(35)31(21)3)37-15-23(33)36-4;1-29(2)23(34)16-6-8-31(9-7-16)25-27-13-18(26)19(28-25)11-15-4-5-20-17(10-15)12-21(24(35)30(20)3)36-14-22(32)33;1-15-10-4-3-9(14)5-8(10)6-11(13(15)17)19-7-12(16)18-2;1-2;;/h5-6,11,13-14,17H,7-10,12,15H2,1-4H3;4-5,10,12-13,16H,6-9,11,14H2,1-3H3,(H,32,33);3-6H,7,14H2,1-2H3;1H3;;1H2/q;;;;+1;/p-1/i;;;1D;;. The minimum absolute atomic E-state index is 0. The van der Waals surface area contributed by atoms with Crippen LogP contribution in [-0.2, 0) is 67.4 Å². The Morgan fingerprint density at radius 3 is 1.26 bits per heavy atom. The number of carbonyl (C=O) groups is 5. The second-order valence-electron chi connectivity index (χ2n) is 22.4. The first-order valence-electron chi connectivity index (χ1n) is 30.1. The van der Waals surface area contributed by atoms with E-state index in [1.807, 2.05) is 36.4 Å². The Bertz CT molecular complexity index is 4320. The van der Waals surface area contributed by atoms with Gasteiger partial charge in [0.15, 0.2) is 37.1 Å². The Morgan fingerprint density at radius 1 is 0.594 bits per heavy atom. The summed E-state index contributed by atoms with van der Waals surface area (Å²) in [5.41, 5.74) is 10.6. The number of ether oxygens (including phenoxy) is 5. The number of amides is 2. The number of aliphatic carboxylic acids is 1. The molecule has 0 saturated carbocycles. The summed E-state index contributed by atoms with van der Waals surface area (Å²) < 4.78 is 44.6. The van der Waals surface area contributed by atoms with E-state index in [0.717, 1.165) is 64.0 Å². The average molecular weight is 1380 g/mol. The van der Waals surface area contributed by atoms with Gasteiger partial charge >= 0.3 is 47.5 Å². The molecule has 0 radical (unpaired) electrons. The Morgan fingerprint density at radius 2 is 0.927 bits per heavy atom. The Hall–Kier alpha value is -8.93. The zero-order valence-corrected chi connectivity index (χ0v) is 58.5. The van der Waals surface area contributed by atoms with E-state index in [9.17, 15) is 42.7 Å². The number of nitrogen functional groups attached to an aromatic ring is 1. The molecule has 2 saturated heterocycles. The molecule has 3 aromatic carbocycles. The van der Waals surface area contributed by atoms with Gasteiger partial charge < -0.3 is 73.3 Å². The molecule has 2 aliphatic rings. The van der Waals surface area contributed by atoms with E-state index < -0.39 is 37.2 Å². The van der Waals surface area contributed by atoms with Crippen molar-refractivity contribution in [3.63, 3.8) is 0 Å². The Labute approximate surface area is 585 Å². The van der Waals surface area contributed by atoms with Crippen molar-refractivity contribution in [1.82, 2.24) is 43.4 Å². The number of nitrogens with two attached hydrogens (primary N) is 1. The predicted octanol–water partition coefficient (Wildman–Crippen LogP) is 2.86. The van der Waals surface area contributed by atoms with Crippen molar-refractivity contribution in [3.8, 4) is 17.2 Å². The van der Waals surface area contributed by atoms with Crippen LogP contribution in [0.15, 0.2) is 99.6 Å². The number of benzene rings is 3. The number of esters is 2. The average Bonchev–Trinajstić information content (AvgIpc) is 0.803. The van der Waals surface area contributed by atoms with Crippen molar-refractivity contribution in [2.24, 2.45) is 33.0 Å². The van der Waals surface area contributed by atoms with Gasteiger partial charge in [-0.1, -0.05) is 35.3 Å². The van der Waals surface area contributed by atoms with Crippen molar-refractivity contribution >= 4 is 103 Å².